The summed E-state index contributed by atoms with van der Waals surface area (Å²) < 4.78 is 3.14. The molecule has 1 aliphatic rings. The first-order chi connectivity index (χ1) is 13.9. The fourth-order valence-electron chi connectivity index (χ4n) is 3.13. The van der Waals surface area contributed by atoms with Crippen LogP contribution in [0.25, 0.3) is 16.3 Å². The predicted molar refractivity (Wildman–Crippen MR) is 116 cm³/mol. The standard InChI is InChI=1S/C20H18ClN3O3S2/c1-23-14-7-11(21)3-5-16(14)28-18(23)9-19-24(2)15-8-12(4-6-17(15)29-19)22-13(10-25)20(26)27/h3-9,13,22,25H,10H2,1-2H3. The van der Waals surface area contributed by atoms with E-state index in [2.05, 4.69) is 20.9 Å². The van der Waals surface area contributed by atoms with Gasteiger partial charge in [0, 0.05) is 28.7 Å². The topological polar surface area (TPSA) is 79.5 Å². The summed E-state index contributed by atoms with van der Waals surface area (Å²) in [6.07, 6.45) is 2.13. The van der Waals surface area contributed by atoms with E-state index in [9.17, 15) is 15.0 Å². The number of aliphatic hydroxyl groups excluding tert-OH is 1. The first-order valence-electron chi connectivity index (χ1n) is 8.81. The number of halogens is 1. The summed E-state index contributed by atoms with van der Waals surface area (Å²) in [5, 5.41) is 25.9. The van der Waals surface area contributed by atoms with Crippen LogP contribution in [0.5, 0.6) is 0 Å². The number of thioether (sulfide) groups is 1. The second kappa shape index (κ2) is 7.87. The monoisotopic (exact) mass is 447 g/mol. The van der Waals surface area contributed by atoms with Crippen molar-refractivity contribution in [2.75, 3.05) is 23.9 Å². The van der Waals surface area contributed by atoms with Crippen molar-refractivity contribution in [2.24, 2.45) is 7.05 Å². The summed E-state index contributed by atoms with van der Waals surface area (Å²) in [7, 11) is 3.99. The number of benzene rings is 2. The maximum Gasteiger partial charge on any atom is 0.265 e. The Labute approximate surface area is 181 Å². The van der Waals surface area contributed by atoms with Crippen LogP contribution in [0.4, 0.5) is 11.4 Å². The van der Waals surface area contributed by atoms with Gasteiger partial charge in [-0.15, -0.1) is 0 Å². The molecular formula is C20H18ClN3O3S2. The number of carboxylic acid groups (broad SMARTS) is 1. The van der Waals surface area contributed by atoms with Gasteiger partial charge in [-0.25, -0.2) is 0 Å². The van der Waals surface area contributed by atoms with Gasteiger partial charge in [0.25, 0.3) is 5.01 Å². The number of nitrogens with zero attached hydrogens (tertiary/aromatic N) is 2. The number of fused-ring (bicyclic) bond motifs is 2. The molecule has 29 heavy (non-hydrogen) atoms. The van der Waals surface area contributed by atoms with Crippen LogP contribution in [0.1, 0.15) is 5.01 Å². The Morgan fingerprint density at radius 1 is 1.38 bits per heavy atom. The van der Waals surface area contributed by atoms with Gasteiger partial charge in [0.2, 0.25) is 5.52 Å². The van der Waals surface area contributed by atoms with Gasteiger partial charge in [0.15, 0.2) is 0 Å². The van der Waals surface area contributed by atoms with Gasteiger partial charge < -0.3 is 25.2 Å². The molecule has 1 aliphatic heterocycles. The minimum Gasteiger partial charge on any atom is -0.548 e. The van der Waals surface area contributed by atoms with Crippen molar-refractivity contribution >= 4 is 68.3 Å². The van der Waals surface area contributed by atoms with Gasteiger partial charge in [-0.05, 0) is 30.3 Å². The van der Waals surface area contributed by atoms with E-state index < -0.39 is 18.6 Å². The Kier molecular flexibility index (Phi) is 5.44. The Hall–Kier alpha value is -2.26. The number of rotatable bonds is 5. The van der Waals surface area contributed by atoms with E-state index in [1.165, 1.54) is 0 Å². The van der Waals surface area contributed by atoms with Crippen LogP contribution < -0.4 is 19.9 Å². The number of aliphatic hydroxyl groups is 1. The Morgan fingerprint density at radius 3 is 2.90 bits per heavy atom. The average Bonchev–Trinajstić information content (AvgIpc) is 3.17. The third-order valence-electron chi connectivity index (χ3n) is 4.75. The number of aromatic nitrogens is 1. The van der Waals surface area contributed by atoms with Crippen LogP contribution in [0, 0.1) is 0 Å². The second-order valence-corrected chi connectivity index (χ2v) is 9.20. The number of carboxylic acids is 1. The average molecular weight is 448 g/mol. The quantitative estimate of drug-likeness (QED) is 0.585. The summed E-state index contributed by atoms with van der Waals surface area (Å²) >= 11 is 9.48. The number of thiazole rings is 1. The molecule has 1 aromatic heterocycles. The second-order valence-electron chi connectivity index (χ2n) is 6.64. The molecule has 0 saturated heterocycles. The highest BCUT2D eigenvalue weighted by Crippen LogP contribution is 2.46. The lowest BCUT2D eigenvalue weighted by Crippen LogP contribution is -2.43. The van der Waals surface area contributed by atoms with Gasteiger partial charge in [-0.1, -0.05) is 34.7 Å². The van der Waals surface area contributed by atoms with E-state index in [-0.39, 0.29) is 0 Å². The van der Waals surface area contributed by atoms with E-state index in [0.717, 1.165) is 30.8 Å². The largest absolute Gasteiger partial charge is 0.548 e. The lowest BCUT2D eigenvalue weighted by Gasteiger charge is -2.17. The van der Waals surface area contributed by atoms with Gasteiger partial charge in [0.05, 0.1) is 35.4 Å². The first-order valence-corrected chi connectivity index (χ1v) is 10.8. The molecule has 0 saturated carbocycles. The van der Waals surface area contributed by atoms with E-state index in [1.807, 2.05) is 44.4 Å². The molecule has 3 aromatic rings. The molecule has 2 aromatic carbocycles. The number of anilines is 2. The van der Waals surface area contributed by atoms with E-state index in [1.54, 1.807) is 29.2 Å². The maximum absolute atomic E-state index is 11.0. The molecule has 0 amide bonds. The van der Waals surface area contributed by atoms with Crippen LogP contribution in [-0.4, -0.2) is 30.8 Å². The Bertz CT molecular complexity index is 1150. The number of aryl methyl sites for hydroxylation is 1. The zero-order chi connectivity index (χ0) is 20.7. The number of carbonyl (C=O) groups is 1. The minimum atomic E-state index is -1.34. The van der Waals surface area contributed by atoms with Crippen molar-refractivity contribution in [3.8, 4) is 0 Å². The minimum absolute atomic E-state index is 0.540. The molecule has 0 bridgehead atoms. The normalized spacial score (nSPS) is 15.7. The third-order valence-corrected chi connectivity index (χ3v) is 7.31. The van der Waals surface area contributed by atoms with Crippen molar-refractivity contribution in [3.05, 3.63) is 51.5 Å². The molecular weight excluding hydrogens is 430 g/mol. The van der Waals surface area contributed by atoms with Gasteiger partial charge in [-0.2, -0.15) is 4.57 Å². The van der Waals surface area contributed by atoms with Crippen LogP contribution in [0.3, 0.4) is 0 Å². The van der Waals surface area contributed by atoms with Crippen molar-refractivity contribution < 1.29 is 19.6 Å². The zero-order valence-electron chi connectivity index (χ0n) is 15.7. The summed E-state index contributed by atoms with van der Waals surface area (Å²) in [5.41, 5.74) is 2.66. The number of hydrogen-bond donors (Lipinski definition) is 2. The van der Waals surface area contributed by atoms with E-state index in [4.69, 9.17) is 11.6 Å². The summed E-state index contributed by atoms with van der Waals surface area (Å²) in [6.45, 7) is -0.540. The number of nitrogens with one attached hydrogen (secondary N) is 1. The maximum atomic E-state index is 11.0. The predicted octanol–water partition coefficient (Wildman–Crippen LogP) is 2.44. The van der Waals surface area contributed by atoms with Crippen molar-refractivity contribution in [1.82, 2.24) is 0 Å². The van der Waals surface area contributed by atoms with E-state index in [0.29, 0.717) is 10.7 Å². The van der Waals surface area contributed by atoms with Gasteiger partial charge in [-0.3, -0.25) is 0 Å². The molecule has 0 aliphatic carbocycles. The molecule has 6 nitrogen and oxygen atoms in total. The molecule has 0 fully saturated rings. The molecule has 2 heterocycles. The summed E-state index contributed by atoms with van der Waals surface area (Å²) in [4.78, 5) is 14.3. The molecule has 0 radical (unpaired) electrons. The van der Waals surface area contributed by atoms with Gasteiger partial charge in [0.1, 0.15) is 11.7 Å². The highest BCUT2D eigenvalue weighted by atomic mass is 35.5. The lowest BCUT2D eigenvalue weighted by molar-refractivity contribution is -0.642. The summed E-state index contributed by atoms with van der Waals surface area (Å²) in [6, 6.07) is 10.3. The zero-order valence-corrected chi connectivity index (χ0v) is 18.1. The third kappa shape index (κ3) is 3.81. The van der Waals surface area contributed by atoms with Crippen LogP contribution >= 0.6 is 34.7 Å². The molecule has 1 atom stereocenters. The first kappa shape index (κ1) is 20.0. The van der Waals surface area contributed by atoms with Crippen LogP contribution in [-0.2, 0) is 11.8 Å². The number of aliphatic carboxylic acids is 1. The molecule has 1 unspecified atom stereocenters. The van der Waals surface area contributed by atoms with E-state index >= 15 is 0 Å². The molecule has 150 valence electrons. The van der Waals surface area contributed by atoms with Crippen molar-refractivity contribution in [1.29, 1.82) is 0 Å². The fraction of sp³-hybridized carbons (Fsp3) is 0.200. The SMILES string of the molecule is CN1C(=Cc2sc3ccc(NC(CO)C(=O)[O-])cc3[n+]2C)Sc2ccc(Cl)cc21. The fourth-order valence-corrected chi connectivity index (χ4v) is 5.51. The smallest absolute Gasteiger partial charge is 0.265 e. The molecule has 4 rings (SSSR count). The van der Waals surface area contributed by atoms with Crippen molar-refractivity contribution in [2.45, 2.75) is 10.9 Å². The van der Waals surface area contributed by atoms with Crippen LogP contribution in [0.2, 0.25) is 5.02 Å². The van der Waals surface area contributed by atoms with Crippen LogP contribution in [0.15, 0.2) is 46.3 Å². The molecule has 2 N–H and O–H groups in total. The molecule has 9 heteroatoms. The highest BCUT2D eigenvalue weighted by Gasteiger charge is 2.25. The Balaban J connectivity index is 1.66. The summed E-state index contributed by atoms with van der Waals surface area (Å²) in [5.74, 6) is -1.34. The number of carbonyl (C=O) groups excluding carboxylic acids is 1. The Morgan fingerprint density at radius 2 is 2.17 bits per heavy atom. The lowest BCUT2D eigenvalue weighted by atomic mass is 10.2. The van der Waals surface area contributed by atoms with Gasteiger partial charge >= 0.3 is 0 Å². The highest BCUT2D eigenvalue weighted by molar-refractivity contribution is 8.03. The van der Waals surface area contributed by atoms with Crippen molar-refractivity contribution in [3.63, 3.8) is 0 Å². The molecule has 0 spiro atoms. The number of hydrogen-bond acceptors (Lipinski definition) is 7.